The molecule has 1 aliphatic carbocycles. The lowest BCUT2D eigenvalue weighted by molar-refractivity contribution is 0.481. The minimum Gasteiger partial charge on any atom is -0.307 e. The average Bonchev–Trinajstić information content (AvgIpc) is 2.82. The van der Waals surface area contributed by atoms with Crippen LogP contribution in [0.15, 0.2) is 27.8 Å². The van der Waals surface area contributed by atoms with Gasteiger partial charge < -0.3 is 4.98 Å². The third kappa shape index (κ3) is 1.58. The summed E-state index contributed by atoms with van der Waals surface area (Å²) in [7, 11) is 0. The van der Waals surface area contributed by atoms with Crippen LogP contribution in [0.2, 0.25) is 0 Å². The number of hydrogen-bond donors (Lipinski definition) is 1. The maximum Gasteiger partial charge on any atom is 0.329 e. The van der Waals surface area contributed by atoms with Gasteiger partial charge in [-0.2, -0.15) is 0 Å². The summed E-state index contributed by atoms with van der Waals surface area (Å²) in [5.41, 5.74) is -0.692. The monoisotopic (exact) mass is 248 g/mol. The fraction of sp³-hybridized carbons (Fsp3) is 0.385. The van der Waals surface area contributed by atoms with Crippen LogP contribution >= 0.6 is 0 Å². The third-order valence-electron chi connectivity index (χ3n) is 3.60. The highest BCUT2D eigenvalue weighted by atomic mass is 19.1. The fourth-order valence-electron chi connectivity index (χ4n) is 2.73. The number of fused-ring (bicyclic) bond motifs is 1. The van der Waals surface area contributed by atoms with Crippen molar-refractivity contribution in [1.82, 2.24) is 9.55 Å². The molecule has 1 saturated carbocycles. The van der Waals surface area contributed by atoms with Crippen LogP contribution in [0, 0.1) is 5.82 Å². The van der Waals surface area contributed by atoms with E-state index in [0.717, 1.165) is 25.7 Å². The molecular weight excluding hydrogens is 235 g/mol. The van der Waals surface area contributed by atoms with E-state index in [9.17, 15) is 14.0 Å². The Bertz CT molecular complexity index is 711. The minimum atomic E-state index is -0.583. The van der Waals surface area contributed by atoms with E-state index in [0.29, 0.717) is 0 Å². The SMILES string of the molecule is O=c1[nH]c2cccc(F)c2c(=O)n1C1CCCC1. The smallest absolute Gasteiger partial charge is 0.307 e. The summed E-state index contributed by atoms with van der Waals surface area (Å²) in [4.78, 5) is 26.8. The maximum atomic E-state index is 13.7. The van der Waals surface area contributed by atoms with Gasteiger partial charge in [-0.1, -0.05) is 18.9 Å². The lowest BCUT2D eigenvalue weighted by atomic mass is 10.2. The van der Waals surface area contributed by atoms with E-state index >= 15 is 0 Å². The van der Waals surface area contributed by atoms with Crippen LogP contribution in [0.5, 0.6) is 0 Å². The molecule has 0 aliphatic heterocycles. The van der Waals surface area contributed by atoms with Gasteiger partial charge >= 0.3 is 5.69 Å². The molecule has 1 aliphatic rings. The summed E-state index contributed by atoms with van der Waals surface area (Å²) in [5, 5.41) is -0.0241. The summed E-state index contributed by atoms with van der Waals surface area (Å²) in [6, 6.07) is 4.17. The molecule has 0 amide bonds. The molecule has 0 radical (unpaired) electrons. The van der Waals surface area contributed by atoms with E-state index in [4.69, 9.17) is 0 Å². The topological polar surface area (TPSA) is 54.9 Å². The highest BCUT2D eigenvalue weighted by Gasteiger charge is 2.22. The molecule has 3 rings (SSSR count). The number of halogens is 1. The van der Waals surface area contributed by atoms with Crippen molar-refractivity contribution in [3.05, 3.63) is 44.9 Å². The van der Waals surface area contributed by atoms with E-state index in [1.54, 1.807) is 6.07 Å². The first-order valence-corrected chi connectivity index (χ1v) is 6.11. The standard InChI is InChI=1S/C13H13FN2O2/c14-9-6-3-7-10-11(9)12(17)16(13(18)15-10)8-4-1-2-5-8/h3,6-8H,1-2,4-5H2,(H,15,18). The second-order valence-electron chi connectivity index (χ2n) is 4.71. The molecule has 1 heterocycles. The number of benzene rings is 1. The first-order valence-electron chi connectivity index (χ1n) is 6.11. The van der Waals surface area contributed by atoms with Crippen LogP contribution in [0.25, 0.3) is 10.9 Å². The Morgan fingerprint density at radius 2 is 1.94 bits per heavy atom. The Morgan fingerprint density at radius 1 is 1.22 bits per heavy atom. The first-order chi connectivity index (χ1) is 8.68. The van der Waals surface area contributed by atoms with Gasteiger partial charge in [0.2, 0.25) is 0 Å². The van der Waals surface area contributed by atoms with E-state index in [1.807, 2.05) is 0 Å². The molecule has 4 nitrogen and oxygen atoms in total. The van der Waals surface area contributed by atoms with Crippen LogP contribution in [0.4, 0.5) is 4.39 Å². The van der Waals surface area contributed by atoms with Crippen molar-refractivity contribution in [2.45, 2.75) is 31.7 Å². The second kappa shape index (κ2) is 4.08. The van der Waals surface area contributed by atoms with Crippen LogP contribution in [0.3, 0.4) is 0 Å². The minimum absolute atomic E-state index is 0.0241. The number of aromatic nitrogens is 2. The Kier molecular flexibility index (Phi) is 2.54. The predicted molar refractivity (Wildman–Crippen MR) is 66.3 cm³/mol. The van der Waals surface area contributed by atoms with Crippen molar-refractivity contribution < 1.29 is 4.39 Å². The number of rotatable bonds is 1. The Hall–Kier alpha value is -1.91. The number of nitrogens with zero attached hydrogens (tertiary/aromatic N) is 1. The number of nitrogens with one attached hydrogen (secondary N) is 1. The molecule has 0 spiro atoms. The number of aromatic amines is 1. The molecule has 2 aromatic rings. The molecule has 0 unspecified atom stereocenters. The molecule has 1 aromatic heterocycles. The Labute approximate surface area is 102 Å². The zero-order valence-corrected chi connectivity index (χ0v) is 9.78. The largest absolute Gasteiger partial charge is 0.329 e. The van der Waals surface area contributed by atoms with Gasteiger partial charge in [0, 0.05) is 6.04 Å². The van der Waals surface area contributed by atoms with Gasteiger partial charge in [0.05, 0.1) is 10.9 Å². The quantitative estimate of drug-likeness (QED) is 0.838. The molecule has 18 heavy (non-hydrogen) atoms. The Balaban J connectivity index is 2.36. The van der Waals surface area contributed by atoms with Crippen molar-refractivity contribution in [3.63, 3.8) is 0 Å². The predicted octanol–water partition coefficient (Wildman–Crippen LogP) is 1.94. The fourth-order valence-corrected chi connectivity index (χ4v) is 2.73. The van der Waals surface area contributed by atoms with Gasteiger partial charge in [-0.05, 0) is 25.0 Å². The molecule has 1 aromatic carbocycles. The molecular formula is C13H13FN2O2. The number of H-pyrrole nitrogens is 1. The van der Waals surface area contributed by atoms with Crippen LogP contribution in [0.1, 0.15) is 31.7 Å². The van der Waals surface area contributed by atoms with Crippen molar-refractivity contribution in [3.8, 4) is 0 Å². The van der Waals surface area contributed by atoms with E-state index < -0.39 is 17.1 Å². The van der Waals surface area contributed by atoms with Gasteiger partial charge in [0.25, 0.3) is 5.56 Å². The van der Waals surface area contributed by atoms with E-state index in [-0.39, 0.29) is 16.9 Å². The normalized spacial score (nSPS) is 16.5. The zero-order valence-electron chi connectivity index (χ0n) is 9.78. The summed E-state index contributed by atoms with van der Waals surface area (Å²) in [6.07, 6.45) is 3.63. The number of hydrogen-bond acceptors (Lipinski definition) is 2. The van der Waals surface area contributed by atoms with Crippen molar-refractivity contribution in [1.29, 1.82) is 0 Å². The van der Waals surface area contributed by atoms with Crippen molar-refractivity contribution in [2.24, 2.45) is 0 Å². The molecule has 0 atom stereocenters. The maximum absolute atomic E-state index is 13.7. The van der Waals surface area contributed by atoms with Gasteiger partial charge in [-0.3, -0.25) is 9.36 Å². The van der Waals surface area contributed by atoms with Gasteiger partial charge in [-0.25, -0.2) is 9.18 Å². The molecule has 5 heteroatoms. The average molecular weight is 248 g/mol. The van der Waals surface area contributed by atoms with Crippen LogP contribution < -0.4 is 11.2 Å². The molecule has 0 saturated heterocycles. The van der Waals surface area contributed by atoms with E-state index in [2.05, 4.69) is 4.98 Å². The molecule has 1 N–H and O–H groups in total. The first kappa shape index (κ1) is 11.2. The summed E-state index contributed by atoms with van der Waals surface area (Å²) in [5.74, 6) is -0.583. The summed E-state index contributed by atoms with van der Waals surface area (Å²) in [6.45, 7) is 0. The van der Waals surface area contributed by atoms with Crippen molar-refractivity contribution >= 4 is 10.9 Å². The Morgan fingerprint density at radius 3 is 2.67 bits per heavy atom. The van der Waals surface area contributed by atoms with Crippen molar-refractivity contribution in [2.75, 3.05) is 0 Å². The van der Waals surface area contributed by atoms with Gasteiger partial charge in [0.1, 0.15) is 5.82 Å². The van der Waals surface area contributed by atoms with E-state index in [1.165, 1.54) is 16.7 Å². The lowest BCUT2D eigenvalue weighted by Gasteiger charge is -2.12. The van der Waals surface area contributed by atoms with Gasteiger partial charge in [-0.15, -0.1) is 0 Å². The molecule has 1 fully saturated rings. The highest BCUT2D eigenvalue weighted by Crippen LogP contribution is 2.27. The molecule has 0 bridgehead atoms. The third-order valence-corrected chi connectivity index (χ3v) is 3.60. The second-order valence-corrected chi connectivity index (χ2v) is 4.71. The molecule has 94 valence electrons. The van der Waals surface area contributed by atoms with Gasteiger partial charge in [0.15, 0.2) is 0 Å². The van der Waals surface area contributed by atoms with Crippen LogP contribution in [-0.4, -0.2) is 9.55 Å². The lowest BCUT2D eigenvalue weighted by Crippen LogP contribution is -2.37. The summed E-state index contributed by atoms with van der Waals surface area (Å²) >= 11 is 0. The zero-order chi connectivity index (χ0) is 12.7. The summed E-state index contributed by atoms with van der Waals surface area (Å²) < 4.78 is 14.9. The highest BCUT2D eigenvalue weighted by molar-refractivity contribution is 5.77. The van der Waals surface area contributed by atoms with Crippen LogP contribution in [-0.2, 0) is 0 Å².